The van der Waals surface area contributed by atoms with Crippen molar-refractivity contribution in [2.24, 2.45) is 5.10 Å². The number of amides is 2. The van der Waals surface area contributed by atoms with Crippen LogP contribution in [0.5, 0.6) is 5.75 Å². The lowest BCUT2D eigenvalue weighted by molar-refractivity contribution is -0.120. The van der Waals surface area contributed by atoms with Gasteiger partial charge in [-0.15, -0.1) is 0 Å². The molecule has 10 heteroatoms. The fourth-order valence-electron chi connectivity index (χ4n) is 2.58. The molecule has 8 nitrogen and oxygen atoms in total. The monoisotopic (exact) mass is 561 g/mol. The summed E-state index contributed by atoms with van der Waals surface area (Å²) >= 11 is 6.75. The van der Waals surface area contributed by atoms with Crippen molar-refractivity contribution in [3.05, 3.63) is 86.2 Å². The third-order valence-electron chi connectivity index (χ3n) is 4.03. The molecule has 0 spiro atoms. The van der Waals surface area contributed by atoms with E-state index in [0.29, 0.717) is 20.1 Å². The van der Waals surface area contributed by atoms with Crippen LogP contribution in [0.2, 0.25) is 0 Å². The predicted octanol–water partition coefficient (Wildman–Crippen LogP) is 4.21. The zero-order valence-corrected chi connectivity index (χ0v) is 19.9. The van der Waals surface area contributed by atoms with Gasteiger partial charge < -0.3 is 14.5 Å². The number of hydrazone groups is 1. The number of carbonyl (C=O) groups is 3. The molecule has 2 amide bonds. The molecule has 0 unspecified atom stereocenters. The van der Waals surface area contributed by atoms with Gasteiger partial charge in [-0.3, -0.25) is 9.59 Å². The number of aryl methyl sites for hydroxylation is 1. The first-order chi connectivity index (χ1) is 15.3. The van der Waals surface area contributed by atoms with Gasteiger partial charge in [-0.2, -0.15) is 5.10 Å². The molecule has 0 radical (unpaired) electrons. The van der Waals surface area contributed by atoms with E-state index in [9.17, 15) is 14.4 Å². The van der Waals surface area contributed by atoms with Gasteiger partial charge >= 0.3 is 5.97 Å². The van der Waals surface area contributed by atoms with Crippen LogP contribution in [-0.2, 0) is 4.79 Å². The lowest BCUT2D eigenvalue weighted by Gasteiger charge is -2.11. The molecule has 0 saturated carbocycles. The second-order valence-electron chi connectivity index (χ2n) is 6.52. The van der Waals surface area contributed by atoms with Crippen molar-refractivity contribution in [2.45, 2.75) is 6.92 Å². The summed E-state index contributed by atoms with van der Waals surface area (Å²) in [6, 6.07) is 13.5. The van der Waals surface area contributed by atoms with Gasteiger partial charge in [-0.25, -0.2) is 10.2 Å². The van der Waals surface area contributed by atoms with Crippen molar-refractivity contribution in [1.82, 2.24) is 10.7 Å². The summed E-state index contributed by atoms with van der Waals surface area (Å²) in [5, 5.41) is 6.30. The highest BCUT2D eigenvalue weighted by atomic mass is 79.9. The Bertz CT molecular complexity index is 1180. The molecule has 2 N–H and O–H groups in total. The minimum absolute atomic E-state index is 0.0976. The minimum Gasteiger partial charge on any atom is -0.459 e. The Kier molecular flexibility index (Phi) is 7.96. The van der Waals surface area contributed by atoms with E-state index in [0.717, 1.165) is 5.56 Å². The van der Waals surface area contributed by atoms with Gasteiger partial charge in [-0.1, -0.05) is 33.6 Å². The van der Waals surface area contributed by atoms with Crippen LogP contribution in [0.25, 0.3) is 0 Å². The van der Waals surface area contributed by atoms with Crippen LogP contribution in [0.3, 0.4) is 0 Å². The highest BCUT2D eigenvalue weighted by molar-refractivity contribution is 9.11. The number of rotatable bonds is 7. The van der Waals surface area contributed by atoms with Crippen molar-refractivity contribution < 1.29 is 23.5 Å². The molecule has 0 atom stereocenters. The topological polar surface area (TPSA) is 110 Å². The smallest absolute Gasteiger partial charge is 0.343 e. The van der Waals surface area contributed by atoms with Crippen molar-refractivity contribution in [1.29, 1.82) is 0 Å². The summed E-state index contributed by atoms with van der Waals surface area (Å²) in [7, 11) is 0. The van der Waals surface area contributed by atoms with E-state index in [-0.39, 0.29) is 18.1 Å². The Labute approximate surface area is 200 Å². The number of hydrogen-bond donors (Lipinski definition) is 2. The summed E-state index contributed by atoms with van der Waals surface area (Å²) in [6.45, 7) is 1.58. The number of carbonyl (C=O) groups excluding carboxylic acids is 3. The Hall–Kier alpha value is -3.24. The molecule has 3 rings (SSSR count). The van der Waals surface area contributed by atoms with Crippen LogP contribution < -0.4 is 15.5 Å². The van der Waals surface area contributed by atoms with Crippen molar-refractivity contribution in [3.8, 4) is 5.75 Å². The fourth-order valence-corrected chi connectivity index (χ4v) is 3.92. The Morgan fingerprint density at radius 2 is 1.94 bits per heavy atom. The Balaban J connectivity index is 1.66. The van der Waals surface area contributed by atoms with Crippen molar-refractivity contribution in [3.63, 3.8) is 0 Å². The van der Waals surface area contributed by atoms with Gasteiger partial charge in [0.1, 0.15) is 0 Å². The Morgan fingerprint density at radius 1 is 1.12 bits per heavy atom. The quantitative estimate of drug-likeness (QED) is 0.194. The van der Waals surface area contributed by atoms with E-state index in [1.165, 1.54) is 18.5 Å². The number of esters is 1. The highest BCUT2D eigenvalue weighted by Crippen LogP contribution is 2.32. The SMILES string of the molecule is Cc1cccc(C(=O)Oc2c(Br)cc(Br)cc2/C=N/NC(=O)CNC(=O)c2ccco2)c1. The predicted molar refractivity (Wildman–Crippen MR) is 125 cm³/mol. The van der Waals surface area contributed by atoms with E-state index in [2.05, 4.69) is 47.7 Å². The number of hydrogen-bond acceptors (Lipinski definition) is 6. The maximum Gasteiger partial charge on any atom is 0.343 e. The average Bonchev–Trinajstić information content (AvgIpc) is 3.29. The number of halogens is 2. The van der Waals surface area contributed by atoms with Gasteiger partial charge in [0.25, 0.3) is 11.8 Å². The van der Waals surface area contributed by atoms with Gasteiger partial charge in [0.15, 0.2) is 11.5 Å². The van der Waals surface area contributed by atoms with Crippen LogP contribution in [-0.4, -0.2) is 30.5 Å². The lowest BCUT2D eigenvalue weighted by atomic mass is 10.1. The summed E-state index contributed by atoms with van der Waals surface area (Å²) in [4.78, 5) is 36.3. The number of benzene rings is 2. The molecule has 3 aromatic rings. The second kappa shape index (κ2) is 10.9. The summed E-state index contributed by atoms with van der Waals surface area (Å²) in [6.07, 6.45) is 2.69. The van der Waals surface area contributed by atoms with E-state index in [4.69, 9.17) is 9.15 Å². The summed E-state index contributed by atoms with van der Waals surface area (Å²) < 4.78 is 11.7. The number of nitrogens with zero attached hydrogens (tertiary/aromatic N) is 1. The average molecular weight is 563 g/mol. The van der Waals surface area contributed by atoms with Crippen LogP contribution in [0.15, 0.2) is 73.3 Å². The molecule has 164 valence electrons. The molecule has 0 aliphatic carbocycles. The lowest BCUT2D eigenvalue weighted by Crippen LogP contribution is -2.34. The number of furan rings is 1. The van der Waals surface area contributed by atoms with E-state index >= 15 is 0 Å². The van der Waals surface area contributed by atoms with Crippen LogP contribution in [0.4, 0.5) is 0 Å². The second-order valence-corrected chi connectivity index (χ2v) is 8.29. The van der Waals surface area contributed by atoms with E-state index in [1.54, 1.807) is 36.4 Å². The molecule has 0 fully saturated rings. The minimum atomic E-state index is -0.548. The molecule has 0 aliphatic heterocycles. The number of ether oxygens (including phenoxy) is 1. The zero-order valence-electron chi connectivity index (χ0n) is 16.7. The number of nitrogens with one attached hydrogen (secondary N) is 2. The highest BCUT2D eigenvalue weighted by Gasteiger charge is 2.16. The van der Waals surface area contributed by atoms with Gasteiger partial charge in [0, 0.05) is 10.0 Å². The molecule has 2 aromatic carbocycles. The first-order valence-corrected chi connectivity index (χ1v) is 10.8. The zero-order chi connectivity index (χ0) is 23.1. The maximum atomic E-state index is 12.6. The Morgan fingerprint density at radius 3 is 2.66 bits per heavy atom. The largest absolute Gasteiger partial charge is 0.459 e. The maximum absolute atomic E-state index is 12.6. The van der Waals surface area contributed by atoms with Gasteiger partial charge in [0.2, 0.25) is 0 Å². The van der Waals surface area contributed by atoms with Crippen LogP contribution in [0, 0.1) is 6.92 Å². The molecular weight excluding hydrogens is 546 g/mol. The molecule has 32 heavy (non-hydrogen) atoms. The third kappa shape index (κ3) is 6.38. The van der Waals surface area contributed by atoms with Crippen LogP contribution >= 0.6 is 31.9 Å². The first-order valence-electron chi connectivity index (χ1n) is 9.25. The molecule has 0 bridgehead atoms. The van der Waals surface area contributed by atoms with Gasteiger partial charge in [-0.05, 0) is 59.3 Å². The summed E-state index contributed by atoms with van der Waals surface area (Å²) in [5.74, 6) is -1.26. The molecule has 1 heterocycles. The molecule has 0 aliphatic rings. The standard InChI is InChI=1S/C22H17Br2N3O5/c1-13-4-2-5-14(8-13)22(30)32-20-15(9-16(23)10-17(20)24)11-26-27-19(28)12-25-21(29)18-6-3-7-31-18/h2-11H,12H2,1H3,(H,25,29)(H,27,28)/b26-11+. The summed E-state index contributed by atoms with van der Waals surface area (Å²) in [5.41, 5.74) is 4.08. The molecule has 1 aromatic heterocycles. The van der Waals surface area contributed by atoms with Gasteiger partial charge in [0.05, 0.1) is 29.1 Å². The van der Waals surface area contributed by atoms with Crippen molar-refractivity contribution >= 4 is 55.9 Å². The van der Waals surface area contributed by atoms with Crippen molar-refractivity contribution in [2.75, 3.05) is 6.54 Å². The molecular formula is C22H17Br2N3O5. The third-order valence-corrected chi connectivity index (χ3v) is 5.08. The van der Waals surface area contributed by atoms with E-state index in [1.807, 2.05) is 13.0 Å². The fraction of sp³-hybridized carbons (Fsp3) is 0.0909. The normalized spacial score (nSPS) is 10.7. The van der Waals surface area contributed by atoms with Crippen LogP contribution in [0.1, 0.15) is 32.0 Å². The molecule has 0 saturated heterocycles. The van der Waals surface area contributed by atoms with E-state index < -0.39 is 17.8 Å². The first kappa shape index (κ1) is 23.4.